The Bertz CT molecular complexity index is 859. The second-order valence-electron chi connectivity index (χ2n) is 5.50. The van der Waals surface area contributed by atoms with Gasteiger partial charge < -0.3 is 0 Å². The van der Waals surface area contributed by atoms with Crippen LogP contribution in [0.4, 0.5) is 10.8 Å². The third-order valence-electron chi connectivity index (χ3n) is 3.88. The fourth-order valence-corrected chi connectivity index (χ4v) is 3.42. The summed E-state index contributed by atoms with van der Waals surface area (Å²) in [5, 5.41) is 9.38. The number of hydrogen-bond acceptors (Lipinski definition) is 6. The van der Waals surface area contributed by atoms with Gasteiger partial charge in [-0.25, -0.2) is 4.98 Å². The predicted molar refractivity (Wildman–Crippen MR) is 109 cm³/mol. The lowest BCUT2D eigenvalue weighted by Gasteiger charge is -2.28. The number of nitrogens with zero attached hydrogens (tertiary/aromatic N) is 4. The van der Waals surface area contributed by atoms with Crippen molar-refractivity contribution in [1.29, 1.82) is 0 Å². The average Bonchev–Trinajstić information content (AvgIpc) is 3.20. The van der Waals surface area contributed by atoms with E-state index < -0.39 is 0 Å². The van der Waals surface area contributed by atoms with Crippen LogP contribution in [0.2, 0.25) is 0 Å². The molecule has 1 aromatic heterocycles. The van der Waals surface area contributed by atoms with Crippen LogP contribution in [0.5, 0.6) is 0 Å². The maximum Gasteiger partial charge on any atom is 0.212 e. The van der Waals surface area contributed by atoms with E-state index in [9.17, 15) is 0 Å². The molecule has 0 saturated heterocycles. The summed E-state index contributed by atoms with van der Waals surface area (Å²) in [7, 11) is 0. The molecule has 0 fully saturated rings. The van der Waals surface area contributed by atoms with Gasteiger partial charge in [0.05, 0.1) is 11.4 Å². The van der Waals surface area contributed by atoms with Crippen LogP contribution >= 0.6 is 28.3 Å². The summed E-state index contributed by atoms with van der Waals surface area (Å²) in [6.45, 7) is 4.12. The molecule has 0 bridgehead atoms. The largest absolute Gasteiger partial charge is 0.223 e. The molecule has 0 unspecified atom stereocenters. The number of anilines is 2. The number of hydrazone groups is 1. The van der Waals surface area contributed by atoms with E-state index in [2.05, 4.69) is 29.7 Å². The van der Waals surface area contributed by atoms with Crippen molar-refractivity contribution in [2.75, 3.05) is 10.1 Å². The van der Waals surface area contributed by atoms with Crippen LogP contribution < -0.4 is 15.7 Å². The zero-order valence-corrected chi connectivity index (χ0v) is 16.4. The monoisotopic (exact) mass is 415 g/mol. The van der Waals surface area contributed by atoms with Crippen molar-refractivity contribution in [1.82, 2.24) is 10.5 Å². The van der Waals surface area contributed by atoms with Crippen LogP contribution in [0.25, 0.3) is 0 Å². The fraction of sp³-hybridized carbons (Fsp3) is 0.111. The van der Waals surface area contributed by atoms with Gasteiger partial charge in [0.25, 0.3) is 0 Å². The number of para-hydroxylation sites is 1. The van der Waals surface area contributed by atoms with E-state index in [4.69, 9.17) is 4.98 Å². The number of benzene rings is 2. The zero-order chi connectivity index (χ0) is 16.5. The van der Waals surface area contributed by atoms with Crippen LogP contribution in [0.1, 0.15) is 16.1 Å². The maximum atomic E-state index is 4.73. The fourth-order valence-electron chi connectivity index (χ4n) is 2.52. The van der Waals surface area contributed by atoms with E-state index in [1.165, 1.54) is 4.88 Å². The summed E-state index contributed by atoms with van der Waals surface area (Å²) in [5.41, 5.74) is 6.19. The van der Waals surface area contributed by atoms with Gasteiger partial charge in [-0.3, -0.25) is 0 Å². The topological polar surface area (TPSA) is 43.8 Å². The highest BCUT2D eigenvalue weighted by atomic mass is 79.9. The predicted octanol–water partition coefficient (Wildman–Crippen LogP) is 4.45. The molecule has 0 amide bonds. The number of amidine groups is 1. The normalized spacial score (nSPS) is 13.3. The molecule has 128 valence electrons. The van der Waals surface area contributed by atoms with Gasteiger partial charge >= 0.3 is 0 Å². The minimum atomic E-state index is 0. The van der Waals surface area contributed by atoms with Gasteiger partial charge in [-0.05, 0) is 26.0 Å². The summed E-state index contributed by atoms with van der Waals surface area (Å²) in [4.78, 5) is 5.93. The molecule has 0 atom stereocenters. The number of hydrazine groups is 2. The first kappa shape index (κ1) is 17.4. The lowest BCUT2D eigenvalue weighted by molar-refractivity contribution is 0.721. The number of nitrogens with one attached hydrogen (secondary N) is 1. The van der Waals surface area contributed by atoms with Gasteiger partial charge in [-0.15, -0.1) is 22.1 Å². The number of thiazole rings is 1. The number of aryl methyl sites for hydroxylation is 2. The Morgan fingerprint density at radius 3 is 2.16 bits per heavy atom. The first-order valence-electron chi connectivity index (χ1n) is 7.72. The summed E-state index contributed by atoms with van der Waals surface area (Å²) in [6.07, 6.45) is 0. The van der Waals surface area contributed by atoms with Gasteiger partial charge in [-0.2, -0.15) is 15.7 Å². The molecule has 1 aliphatic rings. The highest BCUT2D eigenvalue weighted by Gasteiger charge is 2.31. The molecule has 0 saturated carbocycles. The Morgan fingerprint density at radius 1 is 0.920 bits per heavy atom. The minimum absolute atomic E-state index is 0. The standard InChI is InChI=1S/C18H17N5S.BrH/c1-13-14(2)24-18(19-13)22-17(15-9-5-3-6-10-15)20-21-23(22)16-11-7-4-8-12-16;/h3-12,21H,1-2H3;1H. The third-order valence-corrected chi connectivity index (χ3v) is 4.93. The summed E-state index contributed by atoms with van der Waals surface area (Å²) in [6, 6.07) is 20.2. The molecule has 1 N–H and O–H groups in total. The van der Waals surface area contributed by atoms with Crippen molar-refractivity contribution in [3.05, 3.63) is 76.8 Å². The lowest BCUT2D eigenvalue weighted by Crippen LogP contribution is -2.46. The first-order valence-corrected chi connectivity index (χ1v) is 8.53. The van der Waals surface area contributed by atoms with Crippen LogP contribution in [0.15, 0.2) is 65.8 Å². The Morgan fingerprint density at radius 2 is 1.56 bits per heavy atom. The van der Waals surface area contributed by atoms with E-state index in [-0.39, 0.29) is 17.0 Å². The highest BCUT2D eigenvalue weighted by Crippen LogP contribution is 2.31. The van der Waals surface area contributed by atoms with Crippen molar-refractivity contribution in [2.45, 2.75) is 13.8 Å². The van der Waals surface area contributed by atoms with Crippen LogP contribution in [0.3, 0.4) is 0 Å². The zero-order valence-electron chi connectivity index (χ0n) is 13.9. The van der Waals surface area contributed by atoms with Crippen LogP contribution in [-0.2, 0) is 0 Å². The third kappa shape index (κ3) is 3.25. The van der Waals surface area contributed by atoms with Crippen molar-refractivity contribution in [3.63, 3.8) is 0 Å². The van der Waals surface area contributed by atoms with E-state index >= 15 is 0 Å². The average molecular weight is 416 g/mol. The first-order chi connectivity index (χ1) is 11.7. The van der Waals surface area contributed by atoms with E-state index in [1.807, 2.05) is 65.6 Å². The molecule has 7 heteroatoms. The molecule has 25 heavy (non-hydrogen) atoms. The van der Waals surface area contributed by atoms with Gasteiger partial charge in [-0.1, -0.05) is 59.9 Å². The quantitative estimate of drug-likeness (QED) is 0.686. The highest BCUT2D eigenvalue weighted by molar-refractivity contribution is 8.93. The Labute approximate surface area is 161 Å². The molecule has 0 aliphatic carbocycles. The van der Waals surface area contributed by atoms with Gasteiger partial charge in [0, 0.05) is 10.4 Å². The van der Waals surface area contributed by atoms with Gasteiger partial charge in [0.2, 0.25) is 5.13 Å². The van der Waals surface area contributed by atoms with Crippen molar-refractivity contribution < 1.29 is 0 Å². The number of halogens is 1. The van der Waals surface area contributed by atoms with Crippen LogP contribution in [-0.4, -0.2) is 10.8 Å². The van der Waals surface area contributed by atoms with Crippen molar-refractivity contribution in [2.24, 2.45) is 5.10 Å². The second-order valence-corrected chi connectivity index (χ2v) is 6.68. The van der Waals surface area contributed by atoms with E-state index in [0.29, 0.717) is 0 Å². The Balaban J connectivity index is 0.00000182. The number of rotatable bonds is 3. The van der Waals surface area contributed by atoms with Crippen molar-refractivity contribution >= 4 is 45.0 Å². The molecular formula is C18H18BrN5S. The van der Waals surface area contributed by atoms with Crippen molar-refractivity contribution in [3.8, 4) is 0 Å². The Kier molecular flexibility index (Phi) is 5.06. The summed E-state index contributed by atoms with van der Waals surface area (Å²) >= 11 is 1.66. The molecule has 2 heterocycles. The van der Waals surface area contributed by atoms with Gasteiger partial charge in [0.1, 0.15) is 0 Å². The smallest absolute Gasteiger partial charge is 0.212 e. The molecule has 0 radical (unpaired) electrons. The number of hydrogen-bond donors (Lipinski definition) is 1. The van der Waals surface area contributed by atoms with Crippen LogP contribution in [0, 0.1) is 13.8 Å². The van der Waals surface area contributed by atoms with Gasteiger partial charge in [0.15, 0.2) is 5.84 Å². The molecule has 5 nitrogen and oxygen atoms in total. The van der Waals surface area contributed by atoms with E-state index in [1.54, 1.807) is 11.3 Å². The molecule has 0 spiro atoms. The molecule has 4 rings (SSSR count). The summed E-state index contributed by atoms with van der Waals surface area (Å²) < 4.78 is 0. The molecule has 2 aromatic carbocycles. The summed E-state index contributed by atoms with van der Waals surface area (Å²) in [5.74, 6) is 0.827. The molecule has 3 aromatic rings. The lowest BCUT2D eigenvalue weighted by atomic mass is 10.2. The maximum absolute atomic E-state index is 4.73. The second kappa shape index (κ2) is 7.25. The molecule has 1 aliphatic heterocycles. The Hall–Kier alpha value is -2.38. The van der Waals surface area contributed by atoms with E-state index in [0.717, 1.165) is 27.9 Å². The number of aromatic nitrogens is 1. The molecular weight excluding hydrogens is 398 g/mol. The minimum Gasteiger partial charge on any atom is -0.223 e. The SMILES string of the molecule is Br.Cc1nc(N2C(c3ccccc3)=NNN2c2ccccc2)sc1C.